The molecule has 0 radical (unpaired) electrons. The maximum absolute atomic E-state index is 13.5. The number of rotatable bonds is 5. The molecule has 0 spiro atoms. The zero-order valence-electron chi connectivity index (χ0n) is 17.7. The highest BCUT2D eigenvalue weighted by Gasteiger charge is 2.39. The summed E-state index contributed by atoms with van der Waals surface area (Å²) < 4.78 is 67.1. The van der Waals surface area contributed by atoms with E-state index in [0.717, 1.165) is 30.3 Å². The lowest BCUT2D eigenvalue weighted by Gasteiger charge is -2.24. The Kier molecular flexibility index (Phi) is 5.60. The smallest absolute Gasteiger partial charge is 0.337 e. The van der Waals surface area contributed by atoms with Gasteiger partial charge in [0.15, 0.2) is 11.6 Å². The molecule has 0 fully saturated rings. The Labute approximate surface area is 202 Å². The molecule has 0 amide bonds. The summed E-state index contributed by atoms with van der Waals surface area (Å²) in [5.41, 5.74) is 7.45. The van der Waals surface area contributed by atoms with Crippen LogP contribution in [0.1, 0.15) is 42.2 Å². The van der Waals surface area contributed by atoms with Gasteiger partial charge >= 0.3 is 5.97 Å². The number of nitrogens with two attached hydrogens (primary N) is 2. The predicted octanol–water partition coefficient (Wildman–Crippen LogP) is 1.56. The molecular weight excluding hydrogens is 518 g/mol. The fraction of sp³-hybridized carbons (Fsp3) is 0. The Balaban J connectivity index is 2.06. The maximum Gasteiger partial charge on any atom is 0.337 e. The van der Waals surface area contributed by atoms with E-state index in [4.69, 9.17) is 11.5 Å². The van der Waals surface area contributed by atoms with Crippen molar-refractivity contribution in [3.05, 3.63) is 70.3 Å². The number of fused-ring (bicyclic) bond motifs is 2. The minimum Gasteiger partial charge on any atom is -0.478 e. The van der Waals surface area contributed by atoms with E-state index in [1.807, 2.05) is 0 Å². The van der Waals surface area contributed by atoms with Crippen molar-refractivity contribution in [2.45, 2.75) is 9.79 Å². The van der Waals surface area contributed by atoms with Crippen LogP contribution < -0.4 is 16.8 Å². The number of nitrogen functional groups attached to an aromatic ring is 2. The lowest BCUT2D eigenvalue weighted by Crippen LogP contribution is -2.27. The summed E-state index contributed by atoms with van der Waals surface area (Å²) in [6, 6.07) is 7.34. The fourth-order valence-corrected chi connectivity index (χ4v) is 5.22. The van der Waals surface area contributed by atoms with Crippen molar-refractivity contribution in [3.63, 3.8) is 0 Å². The van der Waals surface area contributed by atoms with Crippen LogP contribution in [0.3, 0.4) is 0 Å². The standard InChI is InChI=1S/C21H15N3O10S2/c22-11-5-4-8(6-10(11)21(27)28)24-12-7-14(36(32,33)34)18(23)17-16(12)20(26)15-9(19(17)25)2-1-3-13(15)35(29,30)31/h1-7,24H,22-23H2,(H,27,28)(H,29,30,31)(H,32,33,34). The Hall–Kier alpha value is -4.31. The molecule has 0 unspecified atom stereocenters. The van der Waals surface area contributed by atoms with Gasteiger partial charge < -0.3 is 21.9 Å². The van der Waals surface area contributed by atoms with Crippen LogP contribution in [0.5, 0.6) is 0 Å². The van der Waals surface area contributed by atoms with Crippen molar-refractivity contribution in [1.82, 2.24) is 0 Å². The molecule has 1 aliphatic carbocycles. The SMILES string of the molecule is Nc1ccc(Nc2cc(S(=O)(=O)O)c(N)c3c2C(=O)c2c(cccc2S(=O)(=O)O)C3=O)cc1C(=O)O. The molecule has 0 saturated heterocycles. The molecule has 3 aromatic carbocycles. The van der Waals surface area contributed by atoms with E-state index in [1.54, 1.807) is 0 Å². The molecule has 36 heavy (non-hydrogen) atoms. The van der Waals surface area contributed by atoms with Crippen LogP contribution in [0.25, 0.3) is 0 Å². The first-order chi connectivity index (χ1) is 16.6. The first kappa shape index (κ1) is 24.8. The van der Waals surface area contributed by atoms with E-state index in [1.165, 1.54) is 12.1 Å². The Bertz CT molecular complexity index is 1750. The van der Waals surface area contributed by atoms with Crippen LogP contribution in [0.15, 0.2) is 52.3 Å². The molecule has 13 nitrogen and oxygen atoms in total. The number of carboxylic acid groups (broad SMARTS) is 1. The van der Waals surface area contributed by atoms with Gasteiger partial charge in [-0.05, 0) is 30.3 Å². The zero-order valence-corrected chi connectivity index (χ0v) is 19.3. The lowest BCUT2D eigenvalue weighted by atomic mass is 9.82. The summed E-state index contributed by atoms with van der Waals surface area (Å²) in [4.78, 5) is 36.5. The van der Waals surface area contributed by atoms with Crippen LogP contribution in [0, 0.1) is 0 Å². The highest BCUT2D eigenvalue weighted by molar-refractivity contribution is 7.86. The van der Waals surface area contributed by atoms with Gasteiger partial charge in [0.1, 0.15) is 9.79 Å². The fourth-order valence-electron chi connectivity index (χ4n) is 3.86. The van der Waals surface area contributed by atoms with E-state index >= 15 is 0 Å². The second-order valence-electron chi connectivity index (χ2n) is 7.61. The quantitative estimate of drug-likeness (QED) is 0.158. The third-order valence-corrected chi connectivity index (χ3v) is 7.19. The van der Waals surface area contributed by atoms with Gasteiger partial charge in [0.05, 0.1) is 33.6 Å². The average molecular weight is 533 g/mol. The minimum atomic E-state index is -5.04. The lowest BCUT2D eigenvalue weighted by molar-refractivity contribution is 0.0697. The van der Waals surface area contributed by atoms with Gasteiger partial charge in [-0.2, -0.15) is 16.8 Å². The summed E-state index contributed by atoms with van der Waals surface area (Å²) in [6.45, 7) is 0. The van der Waals surface area contributed by atoms with Gasteiger partial charge in [0.2, 0.25) is 0 Å². The van der Waals surface area contributed by atoms with Gasteiger partial charge in [-0.15, -0.1) is 0 Å². The number of carboxylic acids is 1. The first-order valence-electron chi connectivity index (χ1n) is 9.66. The van der Waals surface area contributed by atoms with Crippen molar-refractivity contribution >= 4 is 60.5 Å². The van der Waals surface area contributed by atoms with Gasteiger partial charge in [0, 0.05) is 16.9 Å². The van der Waals surface area contributed by atoms with Crippen LogP contribution in [0.4, 0.5) is 22.7 Å². The van der Waals surface area contributed by atoms with Crippen molar-refractivity contribution in [2.75, 3.05) is 16.8 Å². The third kappa shape index (κ3) is 3.95. The highest BCUT2D eigenvalue weighted by atomic mass is 32.2. The maximum atomic E-state index is 13.5. The summed E-state index contributed by atoms with van der Waals surface area (Å²) in [5.74, 6) is -3.57. The Morgan fingerprint density at radius 1 is 0.806 bits per heavy atom. The van der Waals surface area contributed by atoms with E-state index in [2.05, 4.69) is 5.32 Å². The van der Waals surface area contributed by atoms with Gasteiger partial charge in [-0.1, -0.05) is 12.1 Å². The monoisotopic (exact) mass is 533 g/mol. The minimum absolute atomic E-state index is 0.0241. The first-order valence-corrected chi connectivity index (χ1v) is 12.5. The van der Waals surface area contributed by atoms with E-state index in [0.29, 0.717) is 0 Å². The number of benzene rings is 3. The molecule has 0 aromatic heterocycles. The van der Waals surface area contributed by atoms with E-state index in [9.17, 15) is 45.4 Å². The molecule has 4 rings (SSSR count). The second-order valence-corrected chi connectivity index (χ2v) is 10.4. The number of carbonyl (C=O) groups excluding carboxylic acids is 2. The topological polar surface area (TPSA) is 244 Å². The van der Waals surface area contributed by atoms with Crippen molar-refractivity contribution < 1.29 is 45.4 Å². The number of carbonyl (C=O) groups is 3. The average Bonchev–Trinajstić information content (AvgIpc) is 2.77. The Morgan fingerprint density at radius 2 is 1.44 bits per heavy atom. The Morgan fingerprint density at radius 3 is 2.03 bits per heavy atom. The molecular formula is C21H15N3O10S2. The molecule has 0 atom stereocenters. The van der Waals surface area contributed by atoms with Crippen molar-refractivity contribution in [1.29, 1.82) is 0 Å². The number of anilines is 4. The molecule has 8 N–H and O–H groups in total. The third-order valence-electron chi connectivity index (χ3n) is 5.40. The number of nitrogens with one attached hydrogen (secondary N) is 1. The molecule has 3 aromatic rings. The summed E-state index contributed by atoms with van der Waals surface area (Å²) in [5, 5.41) is 11.9. The van der Waals surface area contributed by atoms with Gasteiger partial charge in [-0.3, -0.25) is 18.7 Å². The second kappa shape index (κ2) is 8.13. The number of hydrogen-bond acceptors (Lipinski definition) is 10. The van der Waals surface area contributed by atoms with Crippen molar-refractivity contribution in [3.8, 4) is 0 Å². The number of ketones is 2. The molecule has 0 aliphatic heterocycles. The van der Waals surface area contributed by atoms with Crippen LogP contribution in [0.2, 0.25) is 0 Å². The summed E-state index contributed by atoms with van der Waals surface area (Å²) >= 11 is 0. The molecule has 0 heterocycles. The van der Waals surface area contributed by atoms with Crippen LogP contribution in [-0.4, -0.2) is 48.6 Å². The van der Waals surface area contributed by atoms with Gasteiger partial charge in [0.25, 0.3) is 20.2 Å². The van der Waals surface area contributed by atoms with Crippen LogP contribution >= 0.6 is 0 Å². The molecule has 0 saturated carbocycles. The zero-order chi connectivity index (χ0) is 26.7. The number of aromatic carboxylic acids is 1. The summed E-state index contributed by atoms with van der Waals surface area (Å²) in [7, 11) is -10.0. The molecule has 15 heteroatoms. The number of hydrogen-bond donors (Lipinski definition) is 6. The molecule has 186 valence electrons. The predicted molar refractivity (Wildman–Crippen MR) is 125 cm³/mol. The normalized spacial score (nSPS) is 13.2. The molecule has 1 aliphatic rings. The van der Waals surface area contributed by atoms with E-state index in [-0.39, 0.29) is 16.9 Å². The van der Waals surface area contributed by atoms with Gasteiger partial charge in [-0.25, -0.2) is 4.79 Å². The molecule has 0 bridgehead atoms. The van der Waals surface area contributed by atoms with Crippen LogP contribution in [-0.2, 0) is 20.2 Å². The van der Waals surface area contributed by atoms with Crippen molar-refractivity contribution in [2.24, 2.45) is 0 Å². The highest BCUT2D eigenvalue weighted by Crippen LogP contribution is 2.41. The largest absolute Gasteiger partial charge is 0.478 e. The van der Waals surface area contributed by atoms with E-state index < -0.39 is 81.2 Å². The summed E-state index contributed by atoms with van der Waals surface area (Å²) in [6.07, 6.45) is 0.